The Bertz CT molecular complexity index is 809. The largest absolute Gasteiger partial charge is 4.00 e. The van der Waals surface area contributed by atoms with Gasteiger partial charge >= 0.3 is 21.7 Å². The van der Waals surface area contributed by atoms with Gasteiger partial charge in [0.15, 0.2) is 0 Å². The van der Waals surface area contributed by atoms with Crippen LogP contribution < -0.4 is 52.8 Å². The molecule has 0 unspecified atom stereocenters. The first-order valence-corrected chi connectivity index (χ1v) is 11.3. The predicted molar refractivity (Wildman–Crippen MR) is 114 cm³/mol. The molecule has 3 aromatic rings. The fraction of sp³-hybridized carbons (Fsp3) is 0.292. The van der Waals surface area contributed by atoms with E-state index in [4.69, 9.17) is 0 Å². The Balaban J connectivity index is 0. The molecule has 5 heteroatoms. The Morgan fingerprint density at radius 3 is 1.21 bits per heavy atom. The molecule has 0 heterocycles. The van der Waals surface area contributed by atoms with Gasteiger partial charge in [0.2, 0.25) is 0 Å². The smallest absolute Gasteiger partial charge is 1.00 e. The van der Waals surface area contributed by atoms with Crippen molar-refractivity contribution in [3.8, 4) is 0 Å². The second-order valence-electron chi connectivity index (χ2n) is 7.57. The van der Waals surface area contributed by atoms with E-state index < -0.39 is 8.07 Å². The second-order valence-corrected chi connectivity index (χ2v) is 12.0. The van der Waals surface area contributed by atoms with Crippen molar-refractivity contribution in [3.05, 3.63) is 82.9 Å². The van der Waals surface area contributed by atoms with Crippen molar-refractivity contribution in [1.82, 2.24) is 0 Å². The van der Waals surface area contributed by atoms with E-state index in [-0.39, 0.29) is 58.9 Å². The SMILES string of the molecule is Cc1c(C)c(C)[c-]([Si](c2ccccc2)(c2ccccc2)C(C)C)c1C.[Cl-].[Cl-].[Cl-].[Ti+4]. The molecule has 0 aliphatic carbocycles. The van der Waals surface area contributed by atoms with Crippen LogP contribution in [0.15, 0.2) is 60.7 Å². The first-order chi connectivity index (χ1) is 11.9. The Labute approximate surface area is 211 Å². The first kappa shape index (κ1) is 30.8. The Morgan fingerprint density at radius 2 is 0.931 bits per heavy atom. The quantitative estimate of drug-likeness (QED) is 0.251. The molecular weight excluding hydrogens is 471 g/mol. The molecule has 0 aliphatic heterocycles. The van der Waals surface area contributed by atoms with Gasteiger partial charge in [0.05, 0.1) is 8.07 Å². The zero-order valence-corrected chi connectivity index (χ0v) is 22.8. The average Bonchev–Trinajstić information content (AvgIpc) is 2.82. The third kappa shape index (κ3) is 5.09. The molecule has 154 valence electrons. The molecule has 0 N–H and O–H groups in total. The van der Waals surface area contributed by atoms with Gasteiger partial charge < -0.3 is 37.2 Å². The minimum atomic E-state index is -2.10. The van der Waals surface area contributed by atoms with Crippen LogP contribution in [0.1, 0.15) is 36.1 Å². The van der Waals surface area contributed by atoms with E-state index in [0.717, 1.165) is 0 Å². The Kier molecular flexibility index (Phi) is 13.2. The zero-order valence-electron chi connectivity index (χ0n) is 18.0. The molecule has 0 saturated carbocycles. The van der Waals surface area contributed by atoms with E-state index in [9.17, 15) is 0 Å². The van der Waals surface area contributed by atoms with Crippen molar-refractivity contribution in [2.45, 2.75) is 47.1 Å². The molecule has 0 nitrogen and oxygen atoms in total. The maximum Gasteiger partial charge on any atom is 4.00 e. The summed E-state index contributed by atoms with van der Waals surface area (Å²) in [7, 11) is -2.10. The molecule has 0 radical (unpaired) electrons. The van der Waals surface area contributed by atoms with Crippen LogP contribution >= 0.6 is 0 Å². The number of hydrogen-bond donors (Lipinski definition) is 0. The van der Waals surface area contributed by atoms with Gasteiger partial charge in [-0.15, -0.1) is 5.19 Å². The van der Waals surface area contributed by atoms with E-state index in [0.29, 0.717) is 5.54 Å². The van der Waals surface area contributed by atoms with E-state index in [1.54, 1.807) is 5.19 Å². The summed E-state index contributed by atoms with van der Waals surface area (Å²) in [6.07, 6.45) is 0. The third-order valence-electron chi connectivity index (χ3n) is 6.16. The Hall–Kier alpha value is -0.409. The Morgan fingerprint density at radius 1 is 0.621 bits per heavy atom. The van der Waals surface area contributed by atoms with Crippen molar-refractivity contribution in [3.63, 3.8) is 0 Å². The predicted octanol–water partition coefficient (Wildman–Crippen LogP) is -4.47. The maximum atomic E-state index is 2.42. The summed E-state index contributed by atoms with van der Waals surface area (Å²) in [6.45, 7) is 14.1. The average molecular weight is 500 g/mol. The molecule has 0 aliphatic rings. The summed E-state index contributed by atoms with van der Waals surface area (Å²) < 4.78 is 0. The minimum Gasteiger partial charge on any atom is -1.00 e. The van der Waals surface area contributed by atoms with Crippen LogP contribution in [0.2, 0.25) is 5.54 Å². The van der Waals surface area contributed by atoms with E-state index in [1.807, 2.05) is 0 Å². The zero-order chi connectivity index (χ0) is 18.2. The summed E-state index contributed by atoms with van der Waals surface area (Å²) >= 11 is 0. The second kappa shape index (κ2) is 12.4. The normalized spacial score (nSPS) is 10.3. The van der Waals surface area contributed by atoms with Crippen molar-refractivity contribution in [2.75, 3.05) is 0 Å². The van der Waals surface area contributed by atoms with Crippen LogP contribution in [0.3, 0.4) is 0 Å². The molecule has 29 heavy (non-hydrogen) atoms. The van der Waals surface area contributed by atoms with Crippen LogP contribution in [-0.2, 0) is 21.7 Å². The van der Waals surface area contributed by atoms with Gasteiger partial charge in [-0.3, -0.25) is 0 Å². The monoisotopic (exact) mass is 498 g/mol. The van der Waals surface area contributed by atoms with Crippen LogP contribution in [0.5, 0.6) is 0 Å². The standard InChI is InChI=1S/C24H29Si.3ClH.Ti/c1-17(2)25(22-13-9-7-10-14-22,23-15-11-8-12-16-23)24-20(5)18(3)19(4)21(24)6;;;;/h7-17H,1-6H3;3*1H;/q-1;;;;+4/p-3. The number of hydrogen-bond acceptors (Lipinski definition) is 0. The molecule has 3 aromatic carbocycles. The molecule has 0 atom stereocenters. The van der Waals surface area contributed by atoms with Crippen LogP contribution in [-0.4, -0.2) is 8.07 Å². The topological polar surface area (TPSA) is 0 Å². The summed E-state index contributed by atoms with van der Waals surface area (Å²) in [4.78, 5) is 0. The molecule has 0 spiro atoms. The van der Waals surface area contributed by atoms with E-state index >= 15 is 0 Å². The number of benzene rings is 2. The van der Waals surface area contributed by atoms with Crippen molar-refractivity contribution in [1.29, 1.82) is 0 Å². The number of rotatable bonds is 4. The molecule has 0 amide bonds. The van der Waals surface area contributed by atoms with Gasteiger partial charge in [0, 0.05) is 0 Å². The van der Waals surface area contributed by atoms with Crippen LogP contribution in [0.4, 0.5) is 0 Å². The van der Waals surface area contributed by atoms with Gasteiger partial charge in [-0.25, -0.2) is 0 Å². The fourth-order valence-electron chi connectivity index (χ4n) is 4.62. The first-order valence-electron chi connectivity index (χ1n) is 9.26. The maximum absolute atomic E-state index is 2.42. The summed E-state index contributed by atoms with van der Waals surface area (Å²) in [5.41, 5.74) is 6.52. The van der Waals surface area contributed by atoms with Crippen molar-refractivity contribution >= 4 is 23.6 Å². The van der Waals surface area contributed by atoms with Crippen molar-refractivity contribution < 1.29 is 58.9 Å². The number of halogens is 3. The summed E-state index contributed by atoms with van der Waals surface area (Å²) in [5.74, 6) is 0. The minimum absolute atomic E-state index is 0. The molecular formula is C24H29Cl3SiTi. The molecule has 0 fully saturated rings. The van der Waals surface area contributed by atoms with Gasteiger partial charge in [-0.05, 0) is 5.54 Å². The molecule has 3 rings (SSSR count). The summed E-state index contributed by atoms with van der Waals surface area (Å²) in [6, 6.07) is 22.5. The van der Waals surface area contributed by atoms with Gasteiger partial charge in [0.25, 0.3) is 0 Å². The van der Waals surface area contributed by atoms with E-state index in [2.05, 4.69) is 102 Å². The van der Waals surface area contributed by atoms with Crippen LogP contribution in [0, 0.1) is 27.7 Å². The molecule has 0 bridgehead atoms. The summed E-state index contributed by atoms with van der Waals surface area (Å²) in [5, 5.41) is 4.68. The van der Waals surface area contributed by atoms with Gasteiger partial charge in [0.1, 0.15) is 0 Å². The van der Waals surface area contributed by atoms with Crippen LogP contribution in [0.25, 0.3) is 0 Å². The van der Waals surface area contributed by atoms with Gasteiger partial charge in [-0.2, -0.15) is 22.3 Å². The third-order valence-corrected chi connectivity index (χ3v) is 11.9. The van der Waals surface area contributed by atoms with Gasteiger partial charge in [-0.1, -0.05) is 113 Å². The fourth-order valence-corrected chi connectivity index (χ4v) is 10.4. The van der Waals surface area contributed by atoms with E-state index in [1.165, 1.54) is 32.6 Å². The molecule has 0 aromatic heterocycles. The van der Waals surface area contributed by atoms with Crippen molar-refractivity contribution in [2.24, 2.45) is 0 Å². The molecule has 0 saturated heterocycles.